The molecule has 152 valence electrons. The largest absolute Gasteiger partial charge is 0.387 e. The quantitative estimate of drug-likeness (QED) is 0.577. The van der Waals surface area contributed by atoms with Gasteiger partial charge in [0.2, 0.25) is 0 Å². The molecule has 2 unspecified atom stereocenters. The fraction of sp³-hybridized carbons (Fsp3) is 0.368. The fourth-order valence-corrected chi connectivity index (χ4v) is 4.06. The average molecular weight is 419 g/mol. The zero-order valence-corrected chi connectivity index (χ0v) is 15.8. The van der Waals surface area contributed by atoms with Crippen molar-refractivity contribution in [2.24, 2.45) is 9.98 Å². The van der Waals surface area contributed by atoms with E-state index in [1.165, 1.54) is 6.34 Å². The molecule has 1 aromatic carbocycles. The normalized spacial score (nSPS) is 31.6. The number of benzene rings is 1. The minimum atomic E-state index is -1.31. The maximum absolute atomic E-state index is 10.7. The Hall–Kier alpha value is -2.27. The number of fused-ring (bicyclic) bond motifs is 3. The Balaban J connectivity index is 1.43. The Labute approximate surface area is 170 Å². The van der Waals surface area contributed by atoms with E-state index in [9.17, 15) is 20.4 Å². The lowest BCUT2D eigenvalue weighted by Gasteiger charge is -2.24. The molecule has 10 heteroatoms. The second kappa shape index (κ2) is 6.91. The summed E-state index contributed by atoms with van der Waals surface area (Å²) in [5.41, 5.74) is 1.21. The van der Waals surface area contributed by atoms with E-state index in [1.807, 2.05) is 0 Å². The van der Waals surface area contributed by atoms with E-state index in [0.717, 1.165) is 0 Å². The lowest BCUT2D eigenvalue weighted by atomic mass is 9.99. The molecule has 3 aliphatic rings. The highest BCUT2D eigenvalue weighted by molar-refractivity contribution is 6.30. The second-order valence-corrected chi connectivity index (χ2v) is 7.66. The Morgan fingerprint density at radius 3 is 2.62 bits per heavy atom. The van der Waals surface area contributed by atoms with E-state index in [0.29, 0.717) is 27.8 Å². The third kappa shape index (κ3) is 2.90. The number of hydrogen-bond donors (Lipinski definition) is 4. The van der Waals surface area contributed by atoms with Crippen molar-refractivity contribution in [3.63, 3.8) is 0 Å². The highest BCUT2D eigenvalue weighted by Crippen LogP contribution is 2.40. The first-order valence-corrected chi connectivity index (χ1v) is 9.55. The van der Waals surface area contributed by atoms with Gasteiger partial charge in [0, 0.05) is 11.2 Å². The zero-order valence-electron chi connectivity index (χ0n) is 15.1. The van der Waals surface area contributed by atoms with Crippen molar-refractivity contribution in [1.82, 2.24) is 9.47 Å². The number of aromatic nitrogens is 1. The molecular formula is C19H19ClN4O5. The molecule has 0 aliphatic carbocycles. The molecule has 2 aromatic rings. The predicted octanol–water partition coefficient (Wildman–Crippen LogP) is 0.548. The molecule has 0 amide bonds. The van der Waals surface area contributed by atoms with Gasteiger partial charge in [-0.2, -0.15) is 0 Å². The minimum Gasteiger partial charge on any atom is -0.387 e. The summed E-state index contributed by atoms with van der Waals surface area (Å²) in [5, 5.41) is 42.3. The summed E-state index contributed by atoms with van der Waals surface area (Å²) in [6, 6.07) is 8.32. The summed E-state index contributed by atoms with van der Waals surface area (Å²) in [4.78, 5) is 10.3. The third-order valence-electron chi connectivity index (χ3n) is 5.47. The molecule has 5 rings (SSSR count). The van der Waals surface area contributed by atoms with Gasteiger partial charge in [-0.15, -0.1) is 0 Å². The molecule has 1 saturated heterocycles. The van der Waals surface area contributed by atoms with Gasteiger partial charge < -0.3 is 29.7 Å². The van der Waals surface area contributed by atoms with Crippen molar-refractivity contribution in [3.05, 3.63) is 52.7 Å². The topological polar surface area (TPSA) is 123 Å². The second-order valence-electron chi connectivity index (χ2n) is 7.23. The number of aliphatic imine (C=N–C) groups is 2. The summed E-state index contributed by atoms with van der Waals surface area (Å²) in [5.74, 6) is 1.08. The molecule has 9 nitrogen and oxygen atoms in total. The van der Waals surface area contributed by atoms with Crippen LogP contribution in [0.4, 0.5) is 5.82 Å². The first-order chi connectivity index (χ1) is 14.0. The molecule has 3 aliphatic heterocycles. The van der Waals surface area contributed by atoms with Crippen molar-refractivity contribution in [3.8, 4) is 0 Å². The predicted molar refractivity (Wildman–Crippen MR) is 104 cm³/mol. The molecule has 29 heavy (non-hydrogen) atoms. The van der Waals surface area contributed by atoms with Crippen LogP contribution in [0, 0.1) is 0 Å². The first kappa shape index (κ1) is 18.7. The molecule has 4 N–H and O–H groups in total. The van der Waals surface area contributed by atoms with Gasteiger partial charge in [0.25, 0.3) is 0 Å². The maximum atomic E-state index is 10.7. The molecule has 1 aromatic heterocycles. The summed E-state index contributed by atoms with van der Waals surface area (Å²) < 4.78 is 7.47. The van der Waals surface area contributed by atoms with Gasteiger partial charge in [-0.1, -0.05) is 23.7 Å². The molecule has 4 heterocycles. The van der Waals surface area contributed by atoms with Gasteiger partial charge in [-0.25, -0.2) is 4.99 Å². The molecule has 0 saturated carbocycles. The minimum absolute atomic E-state index is 0.253. The van der Waals surface area contributed by atoms with E-state index in [4.69, 9.17) is 16.3 Å². The molecule has 0 spiro atoms. The number of amidine groups is 1. The third-order valence-corrected chi connectivity index (χ3v) is 5.73. The van der Waals surface area contributed by atoms with Crippen molar-refractivity contribution in [2.45, 2.75) is 36.9 Å². The van der Waals surface area contributed by atoms with E-state index in [-0.39, 0.29) is 6.54 Å². The highest BCUT2D eigenvalue weighted by atomic mass is 35.5. The van der Waals surface area contributed by atoms with Crippen LogP contribution in [0.25, 0.3) is 0 Å². The molecule has 0 bridgehead atoms. The average Bonchev–Trinajstić information content (AvgIpc) is 3.39. The number of aliphatic hydroxyl groups excluding tert-OH is 4. The van der Waals surface area contributed by atoms with Crippen LogP contribution < -0.4 is 0 Å². The number of rotatable bonds is 3. The zero-order chi connectivity index (χ0) is 20.3. The van der Waals surface area contributed by atoms with Gasteiger partial charge in [-0.05, 0) is 23.8 Å². The number of ether oxygens (including phenoxy) is 1. The lowest BCUT2D eigenvalue weighted by Crippen LogP contribution is -2.37. The van der Waals surface area contributed by atoms with Gasteiger partial charge in [-0.3, -0.25) is 9.89 Å². The molecule has 1 fully saturated rings. The Morgan fingerprint density at radius 2 is 1.86 bits per heavy atom. The van der Waals surface area contributed by atoms with Crippen LogP contribution in [0.5, 0.6) is 0 Å². The maximum Gasteiger partial charge on any atom is 0.164 e. The van der Waals surface area contributed by atoms with Crippen molar-refractivity contribution in [2.75, 3.05) is 6.54 Å². The van der Waals surface area contributed by atoms with E-state index in [1.54, 1.807) is 46.0 Å². The van der Waals surface area contributed by atoms with Gasteiger partial charge in [0.15, 0.2) is 12.5 Å². The van der Waals surface area contributed by atoms with Crippen molar-refractivity contribution in [1.29, 1.82) is 0 Å². The van der Waals surface area contributed by atoms with Crippen molar-refractivity contribution >= 4 is 29.6 Å². The highest BCUT2D eigenvalue weighted by Gasteiger charge is 2.48. The van der Waals surface area contributed by atoms with Gasteiger partial charge >= 0.3 is 0 Å². The Kier molecular flexibility index (Phi) is 4.46. The Morgan fingerprint density at radius 1 is 1.10 bits per heavy atom. The molecule has 0 radical (unpaired) electrons. The monoisotopic (exact) mass is 418 g/mol. The summed E-state index contributed by atoms with van der Waals surface area (Å²) >= 11 is 5.89. The van der Waals surface area contributed by atoms with Crippen LogP contribution in [-0.2, 0) is 4.74 Å². The molecular weight excluding hydrogens is 400 g/mol. The van der Waals surface area contributed by atoms with Gasteiger partial charge in [0.05, 0.1) is 12.1 Å². The van der Waals surface area contributed by atoms with Crippen molar-refractivity contribution < 1.29 is 25.2 Å². The fourth-order valence-electron chi connectivity index (χ4n) is 3.93. The van der Waals surface area contributed by atoms with Gasteiger partial charge in [0.1, 0.15) is 42.4 Å². The number of halogens is 1. The van der Waals surface area contributed by atoms with E-state index >= 15 is 0 Å². The SMILES string of the molecule is OC(c1ccc(Cl)cc1)[C@H]1O[C@@H](n2ccc3c2N=CN2C3=NCC2O)[C@H](O)[C@@H]1O. The van der Waals surface area contributed by atoms with E-state index < -0.39 is 36.9 Å². The van der Waals surface area contributed by atoms with Crippen LogP contribution in [0.15, 0.2) is 46.5 Å². The summed E-state index contributed by atoms with van der Waals surface area (Å²) in [6.45, 7) is 0.253. The molecule has 6 atom stereocenters. The van der Waals surface area contributed by atoms with Crippen LogP contribution >= 0.6 is 11.6 Å². The standard InChI is InChI=1S/C19H19ClN4O5/c20-10-3-1-9(2-4-10)13(26)16-14(27)15(28)19(29-16)23-6-5-11-17-21-7-12(25)24(17)8-22-18(11)23/h1-6,8,12-16,19,25-28H,7H2/t12?,13?,14-,15+,16+,19+/m0/s1. The smallest absolute Gasteiger partial charge is 0.164 e. The Bertz CT molecular complexity index is 991. The first-order valence-electron chi connectivity index (χ1n) is 9.17. The number of hydrogen-bond acceptors (Lipinski definition) is 8. The van der Waals surface area contributed by atoms with Crippen LogP contribution in [0.1, 0.15) is 23.5 Å². The van der Waals surface area contributed by atoms with Crippen LogP contribution in [-0.4, -0.2) is 73.2 Å². The van der Waals surface area contributed by atoms with E-state index in [2.05, 4.69) is 9.98 Å². The summed E-state index contributed by atoms with van der Waals surface area (Å²) in [6.07, 6.45) is -3.31. The number of nitrogens with zero attached hydrogens (tertiary/aromatic N) is 4. The number of aliphatic hydroxyl groups is 4. The van der Waals surface area contributed by atoms with Crippen LogP contribution in [0.3, 0.4) is 0 Å². The van der Waals surface area contributed by atoms with Crippen LogP contribution in [0.2, 0.25) is 5.02 Å². The lowest BCUT2D eigenvalue weighted by molar-refractivity contribution is -0.0854. The summed E-state index contributed by atoms with van der Waals surface area (Å²) in [7, 11) is 0.